The van der Waals surface area contributed by atoms with E-state index in [1.807, 2.05) is 16.7 Å². The highest BCUT2D eigenvalue weighted by Crippen LogP contribution is 2.25. The number of nitrogens with zero attached hydrogens (tertiary/aromatic N) is 2. The SMILES string of the molecule is CC1CN(C(=O)c2ccc(C#N)cc2)CC(C)S1. The van der Waals surface area contributed by atoms with Gasteiger partial charge in [-0.05, 0) is 24.3 Å². The van der Waals surface area contributed by atoms with Gasteiger partial charge in [-0.25, -0.2) is 0 Å². The fourth-order valence-corrected chi connectivity index (χ4v) is 3.54. The van der Waals surface area contributed by atoms with Crippen molar-refractivity contribution in [3.63, 3.8) is 0 Å². The van der Waals surface area contributed by atoms with Gasteiger partial charge in [-0.2, -0.15) is 17.0 Å². The van der Waals surface area contributed by atoms with Gasteiger partial charge < -0.3 is 4.90 Å². The van der Waals surface area contributed by atoms with Crippen molar-refractivity contribution in [1.82, 2.24) is 4.90 Å². The number of rotatable bonds is 1. The number of hydrogen-bond acceptors (Lipinski definition) is 3. The highest BCUT2D eigenvalue weighted by Gasteiger charge is 2.26. The Morgan fingerprint density at radius 3 is 2.33 bits per heavy atom. The van der Waals surface area contributed by atoms with Crippen molar-refractivity contribution in [2.75, 3.05) is 13.1 Å². The van der Waals surface area contributed by atoms with Gasteiger partial charge in [0.15, 0.2) is 0 Å². The van der Waals surface area contributed by atoms with Crippen molar-refractivity contribution < 1.29 is 4.79 Å². The van der Waals surface area contributed by atoms with Crippen LogP contribution in [0.2, 0.25) is 0 Å². The molecule has 0 saturated carbocycles. The van der Waals surface area contributed by atoms with Crippen LogP contribution in [0.5, 0.6) is 0 Å². The number of benzene rings is 1. The van der Waals surface area contributed by atoms with E-state index in [1.165, 1.54) is 0 Å². The van der Waals surface area contributed by atoms with E-state index in [4.69, 9.17) is 5.26 Å². The van der Waals surface area contributed by atoms with Crippen LogP contribution in [0.25, 0.3) is 0 Å². The molecule has 0 bridgehead atoms. The summed E-state index contributed by atoms with van der Waals surface area (Å²) >= 11 is 1.93. The monoisotopic (exact) mass is 260 g/mol. The van der Waals surface area contributed by atoms with Gasteiger partial charge in [-0.1, -0.05) is 13.8 Å². The molecule has 0 spiro atoms. The second-order valence-corrected chi connectivity index (χ2v) is 6.54. The molecule has 1 aromatic carbocycles. The van der Waals surface area contributed by atoms with Crippen molar-refractivity contribution in [2.45, 2.75) is 24.3 Å². The zero-order valence-electron chi connectivity index (χ0n) is 10.6. The molecule has 3 nitrogen and oxygen atoms in total. The Bertz CT molecular complexity index is 468. The zero-order chi connectivity index (χ0) is 13.1. The van der Waals surface area contributed by atoms with Gasteiger partial charge >= 0.3 is 0 Å². The summed E-state index contributed by atoms with van der Waals surface area (Å²) in [5.74, 6) is 0.0680. The lowest BCUT2D eigenvalue weighted by molar-refractivity contribution is 0.0753. The number of carbonyl (C=O) groups excluding carboxylic acids is 1. The Hall–Kier alpha value is -1.47. The van der Waals surface area contributed by atoms with Crippen molar-refractivity contribution >= 4 is 17.7 Å². The molecular weight excluding hydrogens is 244 g/mol. The van der Waals surface area contributed by atoms with Crippen LogP contribution in [-0.4, -0.2) is 34.4 Å². The van der Waals surface area contributed by atoms with E-state index in [1.54, 1.807) is 24.3 Å². The highest BCUT2D eigenvalue weighted by atomic mass is 32.2. The maximum atomic E-state index is 12.3. The summed E-state index contributed by atoms with van der Waals surface area (Å²) in [7, 11) is 0. The molecule has 4 heteroatoms. The third kappa shape index (κ3) is 2.85. The summed E-state index contributed by atoms with van der Waals surface area (Å²) in [6, 6.07) is 8.91. The molecule has 1 saturated heterocycles. The molecule has 1 aromatic rings. The second kappa shape index (κ2) is 5.45. The minimum atomic E-state index is 0.0680. The lowest BCUT2D eigenvalue weighted by Crippen LogP contribution is -2.44. The molecule has 2 unspecified atom stereocenters. The lowest BCUT2D eigenvalue weighted by Gasteiger charge is -2.34. The molecule has 2 atom stereocenters. The first-order chi connectivity index (χ1) is 8.60. The second-order valence-electron chi connectivity index (χ2n) is 4.66. The normalized spacial score (nSPS) is 23.5. The van der Waals surface area contributed by atoms with Crippen LogP contribution in [0.3, 0.4) is 0 Å². The molecule has 0 N–H and O–H groups in total. The van der Waals surface area contributed by atoms with E-state index >= 15 is 0 Å². The Morgan fingerprint density at radius 1 is 1.28 bits per heavy atom. The summed E-state index contributed by atoms with van der Waals surface area (Å²) in [5, 5.41) is 9.70. The molecule has 0 radical (unpaired) electrons. The molecule has 94 valence electrons. The average Bonchev–Trinajstić information content (AvgIpc) is 2.37. The first kappa shape index (κ1) is 13.0. The molecule has 18 heavy (non-hydrogen) atoms. The van der Waals surface area contributed by atoms with Gasteiger partial charge in [0.2, 0.25) is 0 Å². The fourth-order valence-electron chi connectivity index (χ4n) is 2.21. The standard InChI is InChI=1S/C14H16N2OS/c1-10-8-16(9-11(2)18-10)14(17)13-5-3-12(7-15)4-6-13/h3-6,10-11H,8-9H2,1-2H3. The van der Waals surface area contributed by atoms with Crippen LogP contribution in [-0.2, 0) is 0 Å². The molecule has 1 amide bonds. The van der Waals surface area contributed by atoms with E-state index < -0.39 is 0 Å². The van der Waals surface area contributed by atoms with Gasteiger partial charge in [-0.15, -0.1) is 0 Å². The van der Waals surface area contributed by atoms with Gasteiger partial charge in [0, 0.05) is 29.2 Å². The van der Waals surface area contributed by atoms with Crippen LogP contribution in [0.15, 0.2) is 24.3 Å². The largest absolute Gasteiger partial charge is 0.336 e. The molecule has 1 fully saturated rings. The first-order valence-corrected chi connectivity index (χ1v) is 6.99. The van der Waals surface area contributed by atoms with Crippen molar-refractivity contribution in [3.05, 3.63) is 35.4 Å². The molecule has 0 aromatic heterocycles. The molecular formula is C14H16N2OS. The minimum absolute atomic E-state index is 0.0680. The van der Waals surface area contributed by atoms with Gasteiger partial charge in [-0.3, -0.25) is 4.79 Å². The molecule has 1 heterocycles. The van der Waals surface area contributed by atoms with Crippen molar-refractivity contribution in [1.29, 1.82) is 5.26 Å². The summed E-state index contributed by atoms with van der Waals surface area (Å²) in [6.45, 7) is 5.90. The topological polar surface area (TPSA) is 44.1 Å². The molecule has 1 aliphatic rings. The van der Waals surface area contributed by atoms with Crippen molar-refractivity contribution in [2.24, 2.45) is 0 Å². The predicted molar refractivity (Wildman–Crippen MR) is 73.6 cm³/mol. The van der Waals surface area contributed by atoms with Crippen LogP contribution >= 0.6 is 11.8 Å². The minimum Gasteiger partial charge on any atom is -0.336 e. The number of carbonyl (C=O) groups is 1. The van der Waals surface area contributed by atoms with Gasteiger partial charge in [0.25, 0.3) is 5.91 Å². The summed E-state index contributed by atoms with van der Waals surface area (Å²) in [4.78, 5) is 14.2. The van der Waals surface area contributed by atoms with Crippen molar-refractivity contribution in [3.8, 4) is 6.07 Å². The molecule has 2 rings (SSSR count). The van der Waals surface area contributed by atoms with E-state index in [0.717, 1.165) is 13.1 Å². The van der Waals surface area contributed by atoms with E-state index in [2.05, 4.69) is 19.9 Å². The first-order valence-electron chi connectivity index (χ1n) is 6.05. The Balaban J connectivity index is 2.12. The average molecular weight is 260 g/mol. The third-order valence-electron chi connectivity index (χ3n) is 2.97. The van der Waals surface area contributed by atoms with Crippen LogP contribution in [0, 0.1) is 11.3 Å². The zero-order valence-corrected chi connectivity index (χ0v) is 11.4. The molecule has 1 aliphatic heterocycles. The predicted octanol–water partition coefficient (Wildman–Crippen LogP) is 2.52. The van der Waals surface area contributed by atoms with Gasteiger partial charge in [0.05, 0.1) is 11.6 Å². The Kier molecular flexibility index (Phi) is 3.93. The Morgan fingerprint density at radius 2 is 1.83 bits per heavy atom. The maximum absolute atomic E-state index is 12.3. The van der Waals surface area contributed by atoms with E-state index in [9.17, 15) is 4.79 Å². The number of amides is 1. The highest BCUT2D eigenvalue weighted by molar-refractivity contribution is 8.00. The third-order valence-corrected chi connectivity index (χ3v) is 4.20. The quantitative estimate of drug-likeness (QED) is 0.779. The molecule has 0 aliphatic carbocycles. The number of nitriles is 1. The number of hydrogen-bond donors (Lipinski definition) is 0. The van der Waals surface area contributed by atoms with Crippen LogP contribution < -0.4 is 0 Å². The Labute approximate surface area is 112 Å². The lowest BCUT2D eigenvalue weighted by atomic mass is 10.1. The fraction of sp³-hybridized carbons (Fsp3) is 0.429. The maximum Gasteiger partial charge on any atom is 0.253 e. The smallest absolute Gasteiger partial charge is 0.253 e. The van der Waals surface area contributed by atoms with Crippen LogP contribution in [0.4, 0.5) is 0 Å². The van der Waals surface area contributed by atoms with Gasteiger partial charge in [0.1, 0.15) is 0 Å². The van der Waals surface area contributed by atoms with E-state index in [-0.39, 0.29) is 5.91 Å². The summed E-state index contributed by atoms with van der Waals surface area (Å²) in [6.07, 6.45) is 0. The van der Waals surface area contributed by atoms with E-state index in [0.29, 0.717) is 21.6 Å². The summed E-state index contributed by atoms with van der Waals surface area (Å²) < 4.78 is 0. The summed E-state index contributed by atoms with van der Waals surface area (Å²) in [5.41, 5.74) is 1.25. The number of thioether (sulfide) groups is 1. The van der Waals surface area contributed by atoms with Crippen LogP contribution in [0.1, 0.15) is 29.8 Å².